The summed E-state index contributed by atoms with van der Waals surface area (Å²) in [5, 5.41) is 2.96. The number of hydrogen-bond donors (Lipinski definition) is 1. The van der Waals surface area contributed by atoms with Crippen LogP contribution in [0.15, 0.2) is 79.0 Å². The summed E-state index contributed by atoms with van der Waals surface area (Å²) in [5.74, 6) is -0.540. The van der Waals surface area contributed by atoms with E-state index in [1.165, 1.54) is 12.1 Å². The zero-order chi connectivity index (χ0) is 27.4. The SMILES string of the molecule is COc1cc(NC(=O)[C@@H](C)c2cc(F)cc(-c3ccc(N4CCOCC4)cc3)c2)ccc1-c1ccnc(C)c1. The molecule has 6 nitrogen and oxygen atoms in total. The molecule has 1 saturated heterocycles. The second-order valence-electron chi connectivity index (χ2n) is 9.73. The van der Waals surface area contributed by atoms with Crippen molar-refractivity contribution in [3.8, 4) is 28.0 Å². The van der Waals surface area contributed by atoms with Gasteiger partial charge in [0, 0.05) is 48.0 Å². The second-order valence-corrected chi connectivity index (χ2v) is 9.73. The molecule has 200 valence electrons. The van der Waals surface area contributed by atoms with Crippen LogP contribution in [0.5, 0.6) is 5.75 Å². The molecule has 0 bridgehead atoms. The van der Waals surface area contributed by atoms with Crippen LogP contribution in [0.3, 0.4) is 0 Å². The maximum absolute atomic E-state index is 14.7. The van der Waals surface area contributed by atoms with Crippen molar-refractivity contribution in [2.75, 3.05) is 43.6 Å². The van der Waals surface area contributed by atoms with Crippen LogP contribution in [0.2, 0.25) is 0 Å². The summed E-state index contributed by atoms with van der Waals surface area (Å²) in [6.45, 7) is 6.86. The zero-order valence-corrected chi connectivity index (χ0v) is 22.4. The third-order valence-electron chi connectivity index (χ3n) is 7.07. The summed E-state index contributed by atoms with van der Waals surface area (Å²) >= 11 is 0. The van der Waals surface area contributed by atoms with Gasteiger partial charge in [-0.1, -0.05) is 18.2 Å². The third-order valence-corrected chi connectivity index (χ3v) is 7.07. The minimum absolute atomic E-state index is 0.233. The van der Waals surface area contributed by atoms with Crippen molar-refractivity contribution in [1.29, 1.82) is 0 Å². The number of rotatable bonds is 7. The van der Waals surface area contributed by atoms with Crippen LogP contribution in [0.1, 0.15) is 24.1 Å². The molecule has 3 aromatic carbocycles. The minimum atomic E-state index is -0.569. The van der Waals surface area contributed by atoms with Gasteiger partial charge in [-0.15, -0.1) is 0 Å². The predicted octanol–water partition coefficient (Wildman–Crippen LogP) is 6.45. The molecule has 1 aromatic heterocycles. The molecule has 4 aromatic rings. The number of hydrogen-bond acceptors (Lipinski definition) is 5. The van der Waals surface area contributed by atoms with E-state index in [0.717, 1.165) is 59.9 Å². The Labute approximate surface area is 228 Å². The van der Waals surface area contributed by atoms with Crippen LogP contribution < -0.4 is 15.0 Å². The number of nitrogens with one attached hydrogen (secondary N) is 1. The molecule has 0 spiro atoms. The smallest absolute Gasteiger partial charge is 0.231 e. The summed E-state index contributed by atoms with van der Waals surface area (Å²) in [7, 11) is 1.60. The molecule has 5 rings (SSSR count). The van der Waals surface area contributed by atoms with Crippen LogP contribution in [-0.2, 0) is 9.53 Å². The number of morpholine rings is 1. The Morgan fingerprint density at radius 3 is 2.46 bits per heavy atom. The number of amides is 1. The number of ether oxygens (including phenoxy) is 2. The second kappa shape index (κ2) is 11.7. The maximum Gasteiger partial charge on any atom is 0.231 e. The Balaban J connectivity index is 1.33. The van der Waals surface area contributed by atoms with Crippen molar-refractivity contribution in [3.05, 3.63) is 96.1 Å². The van der Waals surface area contributed by atoms with Gasteiger partial charge < -0.3 is 19.7 Å². The number of carbonyl (C=O) groups excluding carboxylic acids is 1. The summed E-state index contributed by atoms with van der Waals surface area (Å²) in [6, 6.07) is 22.3. The number of halogens is 1. The van der Waals surface area contributed by atoms with Gasteiger partial charge in [0.15, 0.2) is 0 Å². The first-order valence-electron chi connectivity index (χ1n) is 13.1. The highest BCUT2D eigenvalue weighted by Crippen LogP contribution is 2.33. The third kappa shape index (κ3) is 6.10. The molecule has 0 saturated carbocycles. The number of pyridine rings is 1. The van der Waals surface area contributed by atoms with E-state index in [-0.39, 0.29) is 11.7 Å². The fraction of sp³-hybridized carbons (Fsp3) is 0.250. The number of aromatic nitrogens is 1. The first-order valence-corrected chi connectivity index (χ1v) is 13.1. The fourth-order valence-corrected chi connectivity index (χ4v) is 4.84. The molecule has 1 atom stereocenters. The van der Waals surface area contributed by atoms with Crippen molar-refractivity contribution in [2.24, 2.45) is 0 Å². The monoisotopic (exact) mass is 525 g/mol. The van der Waals surface area contributed by atoms with E-state index in [0.29, 0.717) is 17.0 Å². The highest BCUT2D eigenvalue weighted by Gasteiger charge is 2.19. The Kier molecular flexibility index (Phi) is 7.89. The Morgan fingerprint density at radius 1 is 0.974 bits per heavy atom. The summed E-state index contributed by atoms with van der Waals surface area (Å²) < 4.78 is 25.7. The zero-order valence-electron chi connectivity index (χ0n) is 22.4. The van der Waals surface area contributed by atoms with E-state index < -0.39 is 5.92 Å². The van der Waals surface area contributed by atoms with Gasteiger partial charge in [-0.05, 0) is 84.6 Å². The van der Waals surface area contributed by atoms with Crippen molar-refractivity contribution >= 4 is 17.3 Å². The number of nitrogens with zero attached hydrogens (tertiary/aromatic N) is 2. The summed E-state index contributed by atoms with van der Waals surface area (Å²) in [4.78, 5) is 19.7. The van der Waals surface area contributed by atoms with Crippen molar-refractivity contribution in [2.45, 2.75) is 19.8 Å². The Bertz CT molecular complexity index is 1470. The van der Waals surface area contributed by atoms with Crippen LogP contribution in [-0.4, -0.2) is 44.3 Å². The van der Waals surface area contributed by atoms with Crippen molar-refractivity contribution < 1.29 is 18.7 Å². The molecule has 1 amide bonds. The first-order chi connectivity index (χ1) is 18.9. The molecule has 1 fully saturated rings. The lowest BCUT2D eigenvalue weighted by atomic mass is 9.95. The quantitative estimate of drug-likeness (QED) is 0.300. The summed E-state index contributed by atoms with van der Waals surface area (Å²) in [6.07, 6.45) is 1.76. The molecule has 2 heterocycles. The number of benzene rings is 3. The van der Waals surface area contributed by atoms with Gasteiger partial charge in [0.05, 0.1) is 26.2 Å². The van der Waals surface area contributed by atoms with Crippen molar-refractivity contribution in [1.82, 2.24) is 4.98 Å². The molecule has 1 aliphatic heterocycles. The lowest BCUT2D eigenvalue weighted by Crippen LogP contribution is -2.36. The number of carbonyl (C=O) groups is 1. The van der Waals surface area contributed by atoms with Crippen LogP contribution in [0, 0.1) is 12.7 Å². The van der Waals surface area contributed by atoms with E-state index >= 15 is 0 Å². The number of anilines is 2. The molecule has 0 unspecified atom stereocenters. The highest BCUT2D eigenvalue weighted by molar-refractivity contribution is 5.96. The topological polar surface area (TPSA) is 63.7 Å². The van der Waals surface area contributed by atoms with Gasteiger partial charge >= 0.3 is 0 Å². The standard InChI is InChI=1S/C32H32FN3O3/c1-21-16-24(10-11-34-21)30-9-6-28(20-31(30)38-3)35-32(37)22(2)25-17-26(19-27(33)18-25)23-4-7-29(8-5-23)36-12-14-39-15-13-36/h4-11,16-20,22H,12-15H2,1-3H3,(H,35,37)/t22-/m0/s1. The Morgan fingerprint density at radius 2 is 1.74 bits per heavy atom. The van der Waals surface area contributed by atoms with E-state index in [4.69, 9.17) is 9.47 Å². The maximum atomic E-state index is 14.7. The van der Waals surface area contributed by atoms with Gasteiger partial charge in [-0.2, -0.15) is 0 Å². The molecular weight excluding hydrogens is 493 g/mol. The van der Waals surface area contributed by atoms with Crippen LogP contribution in [0.4, 0.5) is 15.8 Å². The average Bonchev–Trinajstić information content (AvgIpc) is 2.97. The molecule has 7 heteroatoms. The van der Waals surface area contributed by atoms with E-state index in [1.807, 2.05) is 61.5 Å². The predicted molar refractivity (Wildman–Crippen MR) is 153 cm³/mol. The first kappa shape index (κ1) is 26.4. The number of aryl methyl sites for hydroxylation is 1. The average molecular weight is 526 g/mol. The van der Waals surface area contributed by atoms with Gasteiger partial charge in [0.2, 0.25) is 5.91 Å². The van der Waals surface area contributed by atoms with Gasteiger partial charge in [-0.3, -0.25) is 9.78 Å². The molecular formula is C32H32FN3O3. The van der Waals surface area contributed by atoms with Gasteiger partial charge in [-0.25, -0.2) is 4.39 Å². The fourth-order valence-electron chi connectivity index (χ4n) is 4.84. The van der Waals surface area contributed by atoms with E-state index in [1.54, 1.807) is 26.3 Å². The molecule has 1 aliphatic rings. The molecule has 0 aliphatic carbocycles. The lowest BCUT2D eigenvalue weighted by Gasteiger charge is -2.29. The Hall–Kier alpha value is -4.23. The molecule has 1 N–H and O–H groups in total. The summed E-state index contributed by atoms with van der Waals surface area (Å²) in [5.41, 5.74) is 6.75. The van der Waals surface area contributed by atoms with E-state index in [9.17, 15) is 9.18 Å². The van der Waals surface area contributed by atoms with Crippen LogP contribution >= 0.6 is 0 Å². The van der Waals surface area contributed by atoms with E-state index in [2.05, 4.69) is 15.2 Å². The van der Waals surface area contributed by atoms with Gasteiger partial charge in [0.1, 0.15) is 11.6 Å². The minimum Gasteiger partial charge on any atom is -0.496 e. The highest BCUT2D eigenvalue weighted by atomic mass is 19.1. The van der Waals surface area contributed by atoms with Crippen molar-refractivity contribution in [3.63, 3.8) is 0 Å². The lowest BCUT2D eigenvalue weighted by molar-refractivity contribution is -0.117. The molecule has 39 heavy (non-hydrogen) atoms. The molecule has 0 radical (unpaired) electrons. The normalized spacial score (nSPS) is 14.1. The largest absolute Gasteiger partial charge is 0.496 e. The number of methoxy groups -OCH3 is 1. The van der Waals surface area contributed by atoms with Crippen LogP contribution in [0.25, 0.3) is 22.3 Å². The van der Waals surface area contributed by atoms with Gasteiger partial charge in [0.25, 0.3) is 0 Å².